The number of carbonyl (C=O) groups excluding carboxylic acids is 4. The highest BCUT2D eigenvalue weighted by atomic mass is 79.9. The van der Waals surface area contributed by atoms with Gasteiger partial charge in [-0.3, -0.25) is 4.79 Å². The van der Waals surface area contributed by atoms with Crippen LogP contribution in [0.4, 0.5) is 0 Å². The molecule has 4 atom stereocenters. The number of methoxy groups -OCH3 is 3. The van der Waals surface area contributed by atoms with Crippen LogP contribution in [-0.2, 0) is 46.8 Å². The van der Waals surface area contributed by atoms with Crippen LogP contribution >= 0.6 is 59.4 Å². The van der Waals surface area contributed by atoms with E-state index in [1.165, 1.54) is 31.4 Å². The molecule has 0 saturated heterocycles. The number of halogens is 4. The number of hydrogen-bond acceptors (Lipinski definition) is 16. The average molecular weight is 2180 g/mol. The summed E-state index contributed by atoms with van der Waals surface area (Å²) in [6.45, 7) is 19.4. The Morgan fingerprint density at radius 1 is 0.378 bits per heavy atom. The van der Waals surface area contributed by atoms with Crippen LogP contribution in [0.15, 0.2) is 335 Å². The van der Waals surface area contributed by atoms with E-state index in [2.05, 4.69) is 210 Å². The van der Waals surface area contributed by atoms with Gasteiger partial charge < -0.3 is 56.8 Å². The molecule has 4 aliphatic heterocycles. The summed E-state index contributed by atoms with van der Waals surface area (Å²) in [5.41, 5.74) is 11.5. The van der Waals surface area contributed by atoms with Crippen molar-refractivity contribution in [2.75, 3.05) is 41.2 Å². The first-order valence-corrected chi connectivity index (χ1v) is 52.7. The van der Waals surface area contributed by atoms with Crippen LogP contribution < -0.4 is 42.6 Å². The number of ether oxygens (including phenoxy) is 12. The minimum absolute atomic E-state index is 0.0143. The van der Waals surface area contributed by atoms with E-state index in [4.69, 9.17) is 68.4 Å². The summed E-state index contributed by atoms with van der Waals surface area (Å²) in [7, 11) is 4.74. The molecule has 16 nitrogen and oxygen atoms in total. The van der Waals surface area contributed by atoms with E-state index in [9.17, 15) is 19.2 Å². The summed E-state index contributed by atoms with van der Waals surface area (Å²) in [4.78, 5) is 52.0. The smallest absolute Gasteiger partial charge is 0.342 e. The summed E-state index contributed by atoms with van der Waals surface area (Å²) in [6.07, 6.45) is 23.4. The van der Waals surface area contributed by atoms with E-state index >= 15 is 0 Å². The molecule has 0 N–H and O–H groups in total. The molecule has 1 saturated carbocycles. The lowest BCUT2D eigenvalue weighted by molar-refractivity contribution is -0.131. The third-order valence-electron chi connectivity index (χ3n) is 27.7. The Kier molecular flexibility index (Phi) is 31.2. The third kappa shape index (κ3) is 20.8. The zero-order chi connectivity index (χ0) is 104. The maximum Gasteiger partial charge on any atom is 0.342 e. The SMILES string of the molecule is CCCOc1ccc(C2(c3ccc(Br)cc3)C=Cc3c(C(=O)OC4CCCCC4)c(C)c4ccccc4c3O2)cc1.CCCOc1ccc(C2(c3ccc(Cl)cc3)C=Cc3c(C(=O)OCC)c(OC(C)=O)c4ccccc4c3O2)cc1.COC(=O)c1c2c(c3ccccc3c1C)OC(c1ccc(Br)cc1)(c1ccc(OC)cc1)C=C2.COc1ccc(C2(c3ccc(Br)cc3)C=Cc3c(C(C)(C)C)cc4ccccc4c3O2)cc1. The Hall–Kier alpha value is -14.5. The molecule has 148 heavy (non-hydrogen) atoms. The fourth-order valence-electron chi connectivity index (χ4n) is 20.3. The number of aryl methyl sites for hydroxylation is 2. The normalized spacial score (nSPS) is 17.1. The van der Waals surface area contributed by atoms with Crippen molar-refractivity contribution in [1.29, 1.82) is 0 Å². The molecule has 21 rings (SSSR count). The van der Waals surface area contributed by atoms with Gasteiger partial charge in [0.2, 0.25) is 0 Å². The molecule has 16 aromatic rings. The van der Waals surface area contributed by atoms with Crippen LogP contribution in [0.1, 0.15) is 208 Å². The van der Waals surface area contributed by atoms with Crippen molar-refractivity contribution in [3.05, 3.63) is 440 Å². The second-order valence-corrected chi connectivity index (χ2v) is 41.3. The van der Waals surface area contributed by atoms with Crippen molar-refractivity contribution in [3.8, 4) is 51.7 Å². The van der Waals surface area contributed by atoms with Crippen molar-refractivity contribution in [2.45, 2.75) is 141 Å². The van der Waals surface area contributed by atoms with Crippen LogP contribution in [0, 0.1) is 13.8 Å². The fourth-order valence-corrected chi connectivity index (χ4v) is 21.2. The van der Waals surface area contributed by atoms with Gasteiger partial charge in [0, 0.05) is 119 Å². The van der Waals surface area contributed by atoms with Gasteiger partial charge in [0.25, 0.3) is 0 Å². The number of esters is 4. The molecule has 0 amide bonds. The lowest BCUT2D eigenvalue weighted by Crippen LogP contribution is -2.35. The van der Waals surface area contributed by atoms with Gasteiger partial charge in [0.05, 0.1) is 52.3 Å². The van der Waals surface area contributed by atoms with E-state index < -0.39 is 34.3 Å². The molecule has 5 aliphatic rings. The molecule has 0 spiro atoms. The zero-order valence-electron chi connectivity index (χ0n) is 84.6. The monoisotopic (exact) mass is 2180 g/mol. The molecule has 1 fully saturated rings. The first-order valence-electron chi connectivity index (χ1n) is 49.9. The largest absolute Gasteiger partial charge is 0.497 e. The van der Waals surface area contributed by atoms with Crippen molar-refractivity contribution < 1.29 is 76.0 Å². The van der Waals surface area contributed by atoms with Gasteiger partial charge in [-0.2, -0.15) is 0 Å². The number of benzene rings is 16. The Labute approximate surface area is 894 Å². The first kappa shape index (κ1) is 104. The van der Waals surface area contributed by atoms with Gasteiger partial charge in [0.1, 0.15) is 57.7 Å². The Morgan fingerprint density at radius 2 is 0.703 bits per heavy atom. The quantitative estimate of drug-likeness (QED) is 0.0355. The van der Waals surface area contributed by atoms with Gasteiger partial charge in [0.15, 0.2) is 28.2 Å². The highest BCUT2D eigenvalue weighted by molar-refractivity contribution is 9.11. The second kappa shape index (κ2) is 44.7. The number of rotatable bonds is 22. The van der Waals surface area contributed by atoms with Crippen molar-refractivity contribution in [2.24, 2.45) is 0 Å². The maximum absolute atomic E-state index is 13.8. The van der Waals surface area contributed by atoms with Crippen LogP contribution in [0.2, 0.25) is 5.02 Å². The molecule has 750 valence electrons. The van der Waals surface area contributed by atoms with Gasteiger partial charge in [-0.15, -0.1) is 0 Å². The Morgan fingerprint density at radius 3 is 1.07 bits per heavy atom. The minimum Gasteiger partial charge on any atom is -0.497 e. The van der Waals surface area contributed by atoms with Crippen molar-refractivity contribution >= 4 is 151 Å². The Bertz CT molecular complexity index is 7790. The van der Waals surface area contributed by atoms with Crippen molar-refractivity contribution in [1.82, 2.24) is 0 Å². The topological polar surface area (TPSA) is 179 Å². The average Bonchev–Trinajstić information content (AvgIpc) is 0.736. The third-order valence-corrected chi connectivity index (χ3v) is 29.6. The molecular weight excluding hydrogens is 2070 g/mol. The molecule has 20 heteroatoms. The fraction of sp³-hybridized carbons (Fsp3) is 0.219. The van der Waals surface area contributed by atoms with E-state index in [0.717, 1.165) is 180 Å². The van der Waals surface area contributed by atoms with E-state index in [0.29, 0.717) is 62.9 Å². The van der Waals surface area contributed by atoms with E-state index in [1.54, 1.807) is 27.2 Å². The summed E-state index contributed by atoms with van der Waals surface area (Å²) in [5.74, 6) is 4.28. The lowest BCUT2D eigenvalue weighted by atomic mass is 9.78. The zero-order valence-corrected chi connectivity index (χ0v) is 90.1. The van der Waals surface area contributed by atoms with Gasteiger partial charge in [-0.1, -0.05) is 301 Å². The van der Waals surface area contributed by atoms with Crippen LogP contribution in [0.5, 0.6) is 51.7 Å². The summed E-state index contributed by atoms with van der Waals surface area (Å²) >= 11 is 16.9. The molecule has 0 bridgehead atoms. The summed E-state index contributed by atoms with van der Waals surface area (Å²) in [6, 6.07) is 98.4. The van der Waals surface area contributed by atoms with Crippen molar-refractivity contribution in [3.63, 3.8) is 0 Å². The predicted octanol–water partition coefficient (Wildman–Crippen LogP) is 32.6. The number of fused-ring (bicyclic) bond motifs is 12. The highest BCUT2D eigenvalue weighted by Gasteiger charge is 2.46. The molecule has 4 heterocycles. The van der Waals surface area contributed by atoms with Crippen LogP contribution in [0.3, 0.4) is 0 Å². The second-order valence-electron chi connectivity index (χ2n) is 38.1. The first-order chi connectivity index (χ1) is 71.7. The number of hydrogen-bond donors (Lipinski definition) is 0. The van der Waals surface area contributed by atoms with Crippen LogP contribution in [0.25, 0.3) is 67.4 Å². The van der Waals surface area contributed by atoms with Gasteiger partial charge >= 0.3 is 23.9 Å². The van der Waals surface area contributed by atoms with E-state index in [1.807, 2.05) is 226 Å². The molecule has 0 aromatic heterocycles. The van der Waals surface area contributed by atoms with Gasteiger partial charge in [-0.05, 0) is 243 Å². The maximum atomic E-state index is 13.8. The standard InChI is InChI=1S/C36H35BrO4.C33H29ClO6.C30H27BrO2.C29H23BrO4/c1-3-23-39-28-19-15-26(16-20-28)36(25-13-17-27(37)18-14-25)22-21-32-33(35(38)40-29-9-5-4-6-10-29)24(2)30-11-7-8-12-31(30)34(32)41-36;1-4-20-38-25-16-12-23(13-17-25)33(22-10-14-24(34)15-11-22)19-18-28-29(32(36)37-5-2)31(39-21(3)35)27-9-7-6-8-26(27)30(28)40-33;1-29(2,3)27-19-20-7-5-6-8-25(20)28-26(27)17-18-30(33-28,21-9-13-23(31)14-10-21)22-11-15-24(32-4)16-12-22;1-18-23-6-4-5-7-24(23)27-25(26(18)28(31)33-3)16-17-29(34-27,19-8-12-21(30)13-9-19)20-10-14-22(32-2)15-11-20/h7-8,11-22,29H,3-6,9-10,23H2,1-2H3;6-19H,4-5,20H2,1-3H3;5-19H,1-4H3;4-17H,1-3H3. The minimum atomic E-state index is -1.06. The lowest BCUT2D eigenvalue weighted by Gasteiger charge is -2.38. The number of carbonyl (C=O) groups is 4. The van der Waals surface area contributed by atoms with Gasteiger partial charge in [-0.25, -0.2) is 14.4 Å². The molecule has 1 aliphatic carbocycles. The summed E-state index contributed by atoms with van der Waals surface area (Å²) in [5, 5.41) is 8.03. The highest BCUT2D eigenvalue weighted by Crippen LogP contribution is 2.56. The summed E-state index contributed by atoms with van der Waals surface area (Å²) < 4.78 is 75.9. The predicted molar refractivity (Wildman–Crippen MR) is 601 cm³/mol. The van der Waals surface area contributed by atoms with Crippen LogP contribution in [-0.4, -0.2) is 71.1 Å². The molecule has 16 aromatic carbocycles. The Balaban J connectivity index is 0.000000130. The molecule has 0 radical (unpaired) electrons. The van der Waals surface area contributed by atoms with E-state index in [-0.39, 0.29) is 41.4 Å². The molecular formula is C128H114Br3ClO16. The molecule has 4 unspecified atom stereocenters.